The third-order valence-electron chi connectivity index (χ3n) is 1.22. The summed E-state index contributed by atoms with van der Waals surface area (Å²) in [5.74, 6) is -0.250. The van der Waals surface area contributed by atoms with Crippen molar-refractivity contribution in [3.05, 3.63) is 28.3 Å². The first-order valence-corrected chi connectivity index (χ1v) is 3.63. The average molecular weight is 189 g/mol. The van der Waals surface area contributed by atoms with Crippen LogP contribution in [0.25, 0.3) is 0 Å². The fourth-order valence-corrected chi connectivity index (χ4v) is 1.05. The molecule has 0 aromatic heterocycles. The number of phenols is 1. The normalized spacial score (nSPS) is 9.75. The van der Waals surface area contributed by atoms with Crippen LogP contribution in [0.3, 0.4) is 0 Å². The summed E-state index contributed by atoms with van der Waals surface area (Å²) in [5.41, 5.74) is -0.428. The first-order chi connectivity index (χ1) is 5.65. The lowest BCUT2D eigenvalue weighted by atomic mass is 10.3. The standard InChI is InChI=1S/C6H4FNO3S/c7-12-6-2-1-4(9)3-5(6)8(10)11/h1-3,9H. The van der Waals surface area contributed by atoms with E-state index >= 15 is 0 Å². The van der Waals surface area contributed by atoms with Crippen LogP contribution in [-0.4, -0.2) is 10.0 Å². The van der Waals surface area contributed by atoms with Crippen molar-refractivity contribution in [3.63, 3.8) is 0 Å². The molecule has 0 unspecified atom stereocenters. The van der Waals surface area contributed by atoms with Gasteiger partial charge in [-0.1, -0.05) is 0 Å². The molecule has 0 aliphatic heterocycles. The molecule has 0 aliphatic carbocycles. The van der Waals surface area contributed by atoms with Gasteiger partial charge in [0.25, 0.3) is 5.69 Å². The third-order valence-corrected chi connectivity index (χ3v) is 1.73. The Bertz CT molecular complexity index is 318. The van der Waals surface area contributed by atoms with Gasteiger partial charge in [-0.3, -0.25) is 10.1 Å². The zero-order valence-corrected chi connectivity index (χ0v) is 6.55. The molecule has 0 bridgehead atoms. The van der Waals surface area contributed by atoms with E-state index in [0.29, 0.717) is 0 Å². The van der Waals surface area contributed by atoms with Gasteiger partial charge in [0, 0.05) is 0 Å². The van der Waals surface area contributed by atoms with E-state index in [4.69, 9.17) is 5.11 Å². The number of rotatable bonds is 2. The Hall–Kier alpha value is -1.30. The van der Waals surface area contributed by atoms with E-state index in [0.717, 1.165) is 12.1 Å². The molecule has 64 valence electrons. The van der Waals surface area contributed by atoms with Crippen LogP contribution in [0.15, 0.2) is 23.1 Å². The largest absolute Gasteiger partial charge is 0.508 e. The minimum Gasteiger partial charge on any atom is -0.508 e. The van der Waals surface area contributed by atoms with Crippen LogP contribution in [-0.2, 0) is 0 Å². The van der Waals surface area contributed by atoms with Crippen LogP contribution in [0.1, 0.15) is 0 Å². The summed E-state index contributed by atoms with van der Waals surface area (Å²) in [4.78, 5) is 9.39. The van der Waals surface area contributed by atoms with Gasteiger partial charge in [-0.25, -0.2) is 0 Å². The van der Waals surface area contributed by atoms with Gasteiger partial charge in [0.05, 0.1) is 23.1 Å². The lowest BCUT2D eigenvalue weighted by Crippen LogP contribution is -1.89. The van der Waals surface area contributed by atoms with E-state index in [1.807, 2.05) is 0 Å². The van der Waals surface area contributed by atoms with Crippen molar-refractivity contribution in [2.75, 3.05) is 0 Å². The van der Waals surface area contributed by atoms with Gasteiger partial charge in [-0.15, -0.1) is 0 Å². The second-order valence-corrected chi connectivity index (χ2v) is 2.58. The van der Waals surface area contributed by atoms with Crippen molar-refractivity contribution in [1.29, 1.82) is 0 Å². The SMILES string of the molecule is O=[N+]([O-])c1cc(O)ccc1SF. The average Bonchev–Trinajstić information content (AvgIpc) is 2.04. The smallest absolute Gasteiger partial charge is 0.289 e. The minimum absolute atomic E-state index is 0.113. The summed E-state index contributed by atoms with van der Waals surface area (Å²) in [6, 6.07) is 3.24. The lowest BCUT2D eigenvalue weighted by Gasteiger charge is -1.96. The quantitative estimate of drug-likeness (QED) is 0.572. The number of aromatic hydroxyl groups is 1. The maximum atomic E-state index is 12.0. The first-order valence-electron chi connectivity index (χ1n) is 2.91. The van der Waals surface area contributed by atoms with Gasteiger partial charge in [-0.2, -0.15) is 3.89 Å². The van der Waals surface area contributed by atoms with Gasteiger partial charge >= 0.3 is 0 Å². The molecule has 1 aromatic rings. The number of benzene rings is 1. The predicted octanol–water partition coefficient (Wildman–Crippen LogP) is 2.28. The van der Waals surface area contributed by atoms with Gasteiger partial charge in [0.1, 0.15) is 10.6 Å². The molecule has 6 heteroatoms. The summed E-state index contributed by atoms with van der Waals surface area (Å²) in [7, 11) is 0. The number of nitrogens with zero attached hydrogens (tertiary/aromatic N) is 1. The molecule has 12 heavy (non-hydrogen) atoms. The Morgan fingerprint density at radius 1 is 1.58 bits per heavy atom. The van der Waals surface area contributed by atoms with E-state index in [-0.39, 0.29) is 22.8 Å². The predicted molar refractivity (Wildman–Crippen MR) is 41.7 cm³/mol. The molecular formula is C6H4FNO3S. The Labute approximate surface area is 71.5 Å². The van der Waals surface area contributed by atoms with Crippen LogP contribution < -0.4 is 0 Å². The topological polar surface area (TPSA) is 63.4 Å². The summed E-state index contributed by atoms with van der Waals surface area (Å²) in [6.45, 7) is 0. The maximum Gasteiger partial charge on any atom is 0.289 e. The molecule has 0 saturated heterocycles. The molecule has 0 spiro atoms. The maximum absolute atomic E-state index is 12.0. The van der Waals surface area contributed by atoms with Crippen molar-refractivity contribution in [2.45, 2.75) is 4.90 Å². The van der Waals surface area contributed by atoms with Crippen LogP contribution in [0.4, 0.5) is 9.57 Å². The fraction of sp³-hybridized carbons (Fsp3) is 0. The van der Waals surface area contributed by atoms with E-state index in [1.165, 1.54) is 6.07 Å². The van der Waals surface area contributed by atoms with Gasteiger partial charge in [0.15, 0.2) is 0 Å². The Kier molecular flexibility index (Phi) is 2.49. The molecule has 1 rings (SSSR count). The highest BCUT2D eigenvalue weighted by molar-refractivity contribution is 7.94. The van der Waals surface area contributed by atoms with Crippen LogP contribution >= 0.6 is 12.1 Å². The molecule has 0 atom stereocenters. The second kappa shape index (κ2) is 3.40. The molecule has 1 aromatic carbocycles. The molecule has 0 fully saturated rings. The van der Waals surface area contributed by atoms with Crippen LogP contribution in [0.2, 0.25) is 0 Å². The van der Waals surface area contributed by atoms with Crippen molar-refractivity contribution in [1.82, 2.24) is 0 Å². The molecule has 1 N–H and O–H groups in total. The number of hydrogen-bond acceptors (Lipinski definition) is 4. The summed E-state index contributed by atoms with van der Waals surface area (Å²) in [5, 5.41) is 19.1. The number of nitro groups is 1. The lowest BCUT2D eigenvalue weighted by molar-refractivity contribution is -0.387. The zero-order valence-electron chi connectivity index (χ0n) is 5.73. The molecule has 0 heterocycles. The van der Waals surface area contributed by atoms with Crippen molar-refractivity contribution < 1.29 is 13.9 Å². The molecular weight excluding hydrogens is 185 g/mol. The Balaban J connectivity index is 3.21. The Morgan fingerprint density at radius 2 is 2.25 bits per heavy atom. The molecule has 0 saturated carbocycles. The number of halogens is 1. The highest BCUT2D eigenvalue weighted by Gasteiger charge is 2.14. The number of phenolic OH excluding ortho intramolecular Hbond substituents is 1. The van der Waals surface area contributed by atoms with Gasteiger partial charge in [-0.05, 0) is 12.1 Å². The van der Waals surface area contributed by atoms with Gasteiger partial charge < -0.3 is 5.11 Å². The minimum atomic E-state index is -0.748. The van der Waals surface area contributed by atoms with Crippen molar-refractivity contribution in [2.24, 2.45) is 0 Å². The summed E-state index contributed by atoms with van der Waals surface area (Å²) < 4.78 is 12.0. The van der Waals surface area contributed by atoms with Crippen molar-refractivity contribution >= 4 is 17.8 Å². The molecule has 4 nitrogen and oxygen atoms in total. The molecule has 0 amide bonds. The zero-order chi connectivity index (χ0) is 9.14. The third kappa shape index (κ3) is 1.65. The van der Waals surface area contributed by atoms with E-state index in [1.54, 1.807) is 0 Å². The highest BCUT2D eigenvalue weighted by atomic mass is 32.2. The monoisotopic (exact) mass is 189 g/mol. The van der Waals surface area contributed by atoms with Gasteiger partial charge in [0.2, 0.25) is 0 Å². The van der Waals surface area contributed by atoms with E-state index < -0.39 is 10.6 Å². The van der Waals surface area contributed by atoms with Crippen LogP contribution in [0, 0.1) is 10.1 Å². The highest BCUT2D eigenvalue weighted by Crippen LogP contribution is 2.32. The summed E-state index contributed by atoms with van der Waals surface area (Å²) in [6.07, 6.45) is 0. The van der Waals surface area contributed by atoms with E-state index in [2.05, 4.69) is 0 Å². The van der Waals surface area contributed by atoms with E-state index in [9.17, 15) is 14.0 Å². The number of hydrogen-bond donors (Lipinski definition) is 1. The summed E-state index contributed by atoms with van der Waals surface area (Å²) >= 11 is -0.220. The Morgan fingerprint density at radius 3 is 2.75 bits per heavy atom. The fourth-order valence-electron chi connectivity index (χ4n) is 0.714. The molecule has 0 radical (unpaired) electrons. The number of nitro benzene ring substituents is 1. The van der Waals surface area contributed by atoms with Crippen LogP contribution in [0.5, 0.6) is 5.75 Å². The van der Waals surface area contributed by atoms with Crippen molar-refractivity contribution in [3.8, 4) is 5.75 Å². The second-order valence-electron chi connectivity index (χ2n) is 1.99. The molecule has 0 aliphatic rings. The first kappa shape index (κ1) is 8.79.